The number of carbonyl (C=O) groups is 2. The fourth-order valence-corrected chi connectivity index (χ4v) is 1.62. The highest BCUT2D eigenvalue weighted by molar-refractivity contribution is 7.46. The number of esters is 1. The zero-order chi connectivity index (χ0) is 19.6. The number of allylic oxidation sites excluding steroid dienone is 1. The lowest BCUT2D eigenvalue weighted by Gasteiger charge is -2.05. The number of carbonyl (C=O) groups excluding carboxylic acids is 1. The van der Waals surface area contributed by atoms with E-state index in [2.05, 4.69) is 22.4 Å². The Kier molecular flexibility index (Phi) is 9.63. The predicted octanol–water partition coefficient (Wildman–Crippen LogP) is 2.63. The van der Waals surface area contributed by atoms with E-state index in [1.54, 1.807) is 24.3 Å². The van der Waals surface area contributed by atoms with Crippen LogP contribution in [0.2, 0.25) is 0 Å². The first kappa shape index (κ1) is 22.8. The predicted molar refractivity (Wildman–Crippen MR) is 91.9 cm³/mol. The molecule has 0 aliphatic heterocycles. The Morgan fingerprint density at radius 1 is 1.04 bits per heavy atom. The van der Waals surface area contributed by atoms with Gasteiger partial charge in [0.05, 0.1) is 12.2 Å². The van der Waals surface area contributed by atoms with Crippen molar-refractivity contribution in [2.24, 2.45) is 0 Å². The Labute approximate surface area is 145 Å². The van der Waals surface area contributed by atoms with Gasteiger partial charge in [0.1, 0.15) is 6.61 Å². The number of ether oxygens (including phenoxy) is 1. The molecule has 0 aliphatic rings. The summed E-state index contributed by atoms with van der Waals surface area (Å²) in [5, 5.41) is 8.59. The quantitative estimate of drug-likeness (QED) is 0.288. The van der Waals surface area contributed by atoms with Crippen molar-refractivity contribution in [2.75, 3.05) is 13.2 Å². The smallest absolute Gasteiger partial charge is 0.469 e. The second-order valence-corrected chi connectivity index (χ2v) is 6.14. The van der Waals surface area contributed by atoms with Crippen LogP contribution in [-0.4, -0.2) is 40.0 Å². The van der Waals surface area contributed by atoms with Crippen molar-refractivity contribution in [3.05, 3.63) is 54.1 Å². The van der Waals surface area contributed by atoms with E-state index in [1.807, 2.05) is 6.92 Å². The number of hydrogen-bond acceptors (Lipinski definition) is 5. The number of phosphoric acid groups is 1. The average molecular weight is 372 g/mol. The summed E-state index contributed by atoms with van der Waals surface area (Å²) >= 11 is 0. The van der Waals surface area contributed by atoms with E-state index in [0.717, 1.165) is 11.1 Å². The van der Waals surface area contributed by atoms with Crippen molar-refractivity contribution in [1.82, 2.24) is 0 Å². The molecule has 138 valence electrons. The van der Waals surface area contributed by atoms with Crippen molar-refractivity contribution in [3.63, 3.8) is 0 Å². The highest BCUT2D eigenvalue weighted by atomic mass is 31.2. The third-order valence-corrected chi connectivity index (χ3v) is 3.07. The van der Waals surface area contributed by atoms with Gasteiger partial charge in [-0.25, -0.2) is 14.2 Å². The summed E-state index contributed by atoms with van der Waals surface area (Å²) in [6.45, 7) is 9.86. The summed E-state index contributed by atoms with van der Waals surface area (Å²) in [5.41, 5.74) is 2.43. The van der Waals surface area contributed by atoms with Gasteiger partial charge < -0.3 is 19.6 Å². The van der Waals surface area contributed by atoms with Crippen LogP contribution < -0.4 is 0 Å². The van der Waals surface area contributed by atoms with Crippen LogP contribution in [0, 0.1) is 0 Å². The fourth-order valence-electron chi connectivity index (χ4n) is 1.31. The average Bonchev–Trinajstić information content (AvgIpc) is 2.51. The molecule has 0 bridgehead atoms. The van der Waals surface area contributed by atoms with Gasteiger partial charge >= 0.3 is 19.8 Å². The Morgan fingerprint density at radius 2 is 1.52 bits per heavy atom. The molecule has 1 aromatic carbocycles. The Morgan fingerprint density at radius 3 is 1.88 bits per heavy atom. The molecule has 0 unspecified atom stereocenters. The molecular formula is C16H21O8P. The van der Waals surface area contributed by atoms with E-state index >= 15 is 0 Å². The molecule has 9 heteroatoms. The van der Waals surface area contributed by atoms with Crippen LogP contribution in [0.25, 0.3) is 5.57 Å². The molecule has 25 heavy (non-hydrogen) atoms. The highest BCUT2D eigenvalue weighted by Gasteiger charge is 2.13. The SMILES string of the molecule is C=C(C)C(=O)OCCOP(=O)(O)O.C=C(C)c1ccc(C(=O)O)cc1. The minimum Gasteiger partial charge on any atom is -0.478 e. The molecule has 0 fully saturated rings. The summed E-state index contributed by atoms with van der Waals surface area (Å²) < 4.78 is 18.6. The van der Waals surface area contributed by atoms with Gasteiger partial charge in [0.15, 0.2) is 0 Å². The maximum atomic E-state index is 10.7. The van der Waals surface area contributed by atoms with Crippen LogP contribution in [-0.2, 0) is 18.6 Å². The van der Waals surface area contributed by atoms with Crippen molar-refractivity contribution in [2.45, 2.75) is 13.8 Å². The number of carboxylic acid groups (broad SMARTS) is 1. The Hall–Kier alpha value is -2.25. The zero-order valence-corrected chi connectivity index (χ0v) is 14.9. The molecule has 0 radical (unpaired) electrons. The summed E-state index contributed by atoms with van der Waals surface area (Å²) in [5.74, 6) is -1.52. The molecule has 1 rings (SSSR count). The molecule has 0 saturated carbocycles. The summed E-state index contributed by atoms with van der Waals surface area (Å²) in [4.78, 5) is 37.6. The number of aromatic carboxylic acids is 1. The third-order valence-electron chi connectivity index (χ3n) is 2.55. The minimum absolute atomic E-state index is 0.212. The molecule has 8 nitrogen and oxygen atoms in total. The summed E-state index contributed by atoms with van der Waals surface area (Å²) in [6.07, 6.45) is 0. The topological polar surface area (TPSA) is 130 Å². The number of rotatable bonds is 7. The minimum atomic E-state index is -4.46. The normalized spacial score (nSPS) is 10.2. The molecule has 0 saturated heterocycles. The lowest BCUT2D eigenvalue weighted by atomic mass is 10.1. The van der Waals surface area contributed by atoms with Gasteiger partial charge in [-0.05, 0) is 31.5 Å². The molecule has 0 heterocycles. The molecule has 0 aromatic heterocycles. The van der Waals surface area contributed by atoms with Gasteiger partial charge in [0.2, 0.25) is 0 Å². The lowest BCUT2D eigenvalue weighted by molar-refractivity contribution is -0.139. The van der Waals surface area contributed by atoms with E-state index < -0.39 is 19.8 Å². The van der Waals surface area contributed by atoms with Crippen LogP contribution in [0.4, 0.5) is 0 Å². The first-order valence-electron chi connectivity index (χ1n) is 6.96. The molecule has 0 atom stereocenters. The second-order valence-electron chi connectivity index (χ2n) is 4.90. The number of carboxylic acids is 1. The van der Waals surface area contributed by atoms with E-state index in [9.17, 15) is 14.2 Å². The van der Waals surface area contributed by atoms with Gasteiger partial charge in [0, 0.05) is 5.57 Å². The highest BCUT2D eigenvalue weighted by Crippen LogP contribution is 2.35. The van der Waals surface area contributed by atoms with Crippen LogP contribution in [0.1, 0.15) is 29.8 Å². The first-order valence-corrected chi connectivity index (χ1v) is 8.49. The van der Waals surface area contributed by atoms with E-state index in [0.29, 0.717) is 5.56 Å². The maximum Gasteiger partial charge on any atom is 0.469 e. The standard InChI is InChI=1S/C10H10O2.C6H11O6P/c1-7(2)8-3-5-9(6-4-8)10(11)12;1-5(2)6(7)11-3-4-12-13(8,9)10/h3-6H,1H2,2H3,(H,11,12);1,3-4H2,2H3,(H2,8,9,10). The van der Waals surface area contributed by atoms with E-state index in [4.69, 9.17) is 14.9 Å². The molecule has 0 aliphatic carbocycles. The monoisotopic (exact) mass is 372 g/mol. The third kappa shape index (κ3) is 11.0. The molecule has 0 amide bonds. The van der Waals surface area contributed by atoms with Crippen LogP contribution in [0.15, 0.2) is 43.0 Å². The van der Waals surface area contributed by atoms with E-state index in [1.165, 1.54) is 6.92 Å². The summed E-state index contributed by atoms with van der Waals surface area (Å²) in [6, 6.07) is 6.66. The van der Waals surface area contributed by atoms with Gasteiger partial charge in [-0.1, -0.05) is 30.9 Å². The van der Waals surface area contributed by atoms with Crippen LogP contribution in [0.3, 0.4) is 0 Å². The van der Waals surface area contributed by atoms with Gasteiger partial charge in [0.25, 0.3) is 0 Å². The number of phosphoric ester groups is 1. The van der Waals surface area contributed by atoms with Crippen molar-refractivity contribution >= 4 is 25.3 Å². The second kappa shape index (κ2) is 10.6. The zero-order valence-electron chi connectivity index (χ0n) is 14.0. The van der Waals surface area contributed by atoms with Crippen LogP contribution >= 0.6 is 7.82 Å². The maximum absolute atomic E-state index is 10.7. The fraction of sp³-hybridized carbons (Fsp3) is 0.250. The van der Waals surface area contributed by atoms with Crippen molar-refractivity contribution in [1.29, 1.82) is 0 Å². The Balaban J connectivity index is 0.000000462. The molecule has 1 aromatic rings. The molecule has 0 spiro atoms. The van der Waals surface area contributed by atoms with Gasteiger partial charge in [-0.15, -0.1) is 0 Å². The first-order chi connectivity index (χ1) is 11.4. The number of hydrogen-bond donors (Lipinski definition) is 3. The van der Waals surface area contributed by atoms with Gasteiger partial charge in [-0.3, -0.25) is 4.52 Å². The van der Waals surface area contributed by atoms with Crippen molar-refractivity contribution in [3.8, 4) is 0 Å². The van der Waals surface area contributed by atoms with Crippen LogP contribution in [0.5, 0.6) is 0 Å². The molecular weight excluding hydrogens is 351 g/mol. The lowest BCUT2D eigenvalue weighted by Crippen LogP contribution is -2.10. The van der Waals surface area contributed by atoms with E-state index in [-0.39, 0.29) is 18.8 Å². The van der Waals surface area contributed by atoms with Crippen molar-refractivity contribution < 1.29 is 38.3 Å². The number of benzene rings is 1. The van der Waals surface area contributed by atoms with Gasteiger partial charge in [-0.2, -0.15) is 0 Å². The largest absolute Gasteiger partial charge is 0.478 e. The Bertz CT molecular complexity index is 639. The summed E-state index contributed by atoms with van der Waals surface area (Å²) in [7, 11) is -4.46. The molecule has 3 N–H and O–H groups in total.